The first-order chi connectivity index (χ1) is 10.8. The van der Waals surface area contributed by atoms with E-state index in [0.29, 0.717) is 32.7 Å². The molecule has 1 heterocycles. The second-order valence-corrected chi connectivity index (χ2v) is 7.77. The van der Waals surface area contributed by atoms with Gasteiger partial charge in [-0.3, -0.25) is 14.5 Å². The molecule has 0 atom stereocenters. The molecule has 23 heavy (non-hydrogen) atoms. The third-order valence-corrected chi connectivity index (χ3v) is 4.72. The third kappa shape index (κ3) is 4.44. The van der Waals surface area contributed by atoms with Crippen molar-refractivity contribution in [3.63, 3.8) is 0 Å². The van der Waals surface area contributed by atoms with E-state index >= 15 is 0 Å². The molecule has 1 saturated heterocycles. The monoisotopic (exact) mass is 320 g/mol. The van der Waals surface area contributed by atoms with Crippen LogP contribution in [0.4, 0.5) is 0 Å². The summed E-state index contributed by atoms with van der Waals surface area (Å²) in [5, 5.41) is 12.2. The van der Waals surface area contributed by atoms with Gasteiger partial charge in [-0.15, -0.1) is 0 Å². The molecule has 0 bridgehead atoms. The van der Waals surface area contributed by atoms with Gasteiger partial charge in [-0.2, -0.15) is 5.26 Å². The molecule has 0 radical (unpaired) electrons. The van der Waals surface area contributed by atoms with Crippen LogP contribution in [0.15, 0.2) is 0 Å². The van der Waals surface area contributed by atoms with Gasteiger partial charge < -0.3 is 10.2 Å². The van der Waals surface area contributed by atoms with E-state index in [4.69, 9.17) is 0 Å². The molecule has 2 rings (SSSR count). The summed E-state index contributed by atoms with van der Waals surface area (Å²) in [5.74, 6) is 0.0834. The molecule has 2 amide bonds. The Kier molecular flexibility index (Phi) is 5.30. The number of hydrogen-bond acceptors (Lipinski definition) is 4. The number of rotatable bonds is 3. The van der Waals surface area contributed by atoms with Gasteiger partial charge in [0.1, 0.15) is 5.54 Å². The second kappa shape index (κ2) is 6.88. The SMILES string of the molecule is CC(C)(C)C(=O)N1CCN(CC(=O)NC2(C#N)CCCC2)CC1. The topological polar surface area (TPSA) is 76.4 Å². The van der Waals surface area contributed by atoms with Gasteiger partial charge in [0.15, 0.2) is 0 Å². The van der Waals surface area contributed by atoms with Crippen LogP contribution in [-0.4, -0.2) is 59.9 Å². The van der Waals surface area contributed by atoms with Crippen molar-refractivity contribution in [3.8, 4) is 6.07 Å². The summed E-state index contributed by atoms with van der Waals surface area (Å²) in [5.41, 5.74) is -1.01. The van der Waals surface area contributed by atoms with E-state index in [2.05, 4.69) is 16.3 Å². The zero-order valence-corrected chi connectivity index (χ0v) is 14.5. The average molecular weight is 320 g/mol. The first-order valence-corrected chi connectivity index (χ1v) is 8.50. The molecule has 128 valence electrons. The predicted molar refractivity (Wildman–Crippen MR) is 87.4 cm³/mol. The molecule has 0 spiro atoms. The summed E-state index contributed by atoms with van der Waals surface area (Å²) in [6, 6.07) is 2.28. The Labute approximate surface area is 138 Å². The van der Waals surface area contributed by atoms with Crippen molar-refractivity contribution in [2.75, 3.05) is 32.7 Å². The summed E-state index contributed by atoms with van der Waals surface area (Å²) < 4.78 is 0. The summed E-state index contributed by atoms with van der Waals surface area (Å²) >= 11 is 0. The number of carbonyl (C=O) groups is 2. The number of carbonyl (C=O) groups excluding carboxylic acids is 2. The minimum Gasteiger partial charge on any atom is -0.340 e. The lowest BCUT2D eigenvalue weighted by Crippen LogP contribution is -2.55. The molecule has 1 saturated carbocycles. The molecular formula is C17H28N4O2. The summed E-state index contributed by atoms with van der Waals surface area (Å²) in [6.45, 7) is 8.82. The standard InChI is InChI=1S/C17H28N4O2/c1-16(2,3)15(23)21-10-8-20(9-11-21)12-14(22)19-17(13-18)6-4-5-7-17/h4-12H2,1-3H3,(H,19,22). The molecular weight excluding hydrogens is 292 g/mol. The first kappa shape index (κ1) is 17.7. The molecule has 6 nitrogen and oxygen atoms in total. The van der Waals surface area contributed by atoms with Crippen LogP contribution in [0.5, 0.6) is 0 Å². The summed E-state index contributed by atoms with van der Waals surface area (Å²) in [6.07, 6.45) is 3.51. The fourth-order valence-corrected chi connectivity index (χ4v) is 3.34. The molecule has 0 aromatic heterocycles. The maximum Gasteiger partial charge on any atom is 0.235 e. The van der Waals surface area contributed by atoms with Gasteiger partial charge in [0.25, 0.3) is 0 Å². The van der Waals surface area contributed by atoms with Gasteiger partial charge in [0.05, 0.1) is 12.6 Å². The lowest BCUT2D eigenvalue weighted by Gasteiger charge is -2.37. The number of piperazine rings is 1. The lowest BCUT2D eigenvalue weighted by atomic mass is 9.94. The quantitative estimate of drug-likeness (QED) is 0.846. The van der Waals surface area contributed by atoms with Crippen molar-refractivity contribution in [3.05, 3.63) is 0 Å². The lowest BCUT2D eigenvalue weighted by molar-refractivity contribution is -0.141. The van der Waals surface area contributed by atoms with Crippen molar-refractivity contribution in [1.82, 2.24) is 15.1 Å². The predicted octanol–water partition coefficient (Wildman–Crippen LogP) is 1.13. The van der Waals surface area contributed by atoms with Crippen LogP contribution < -0.4 is 5.32 Å². The minimum atomic E-state index is -0.652. The summed E-state index contributed by atoms with van der Waals surface area (Å²) in [4.78, 5) is 28.4. The van der Waals surface area contributed by atoms with E-state index in [0.717, 1.165) is 25.7 Å². The third-order valence-electron chi connectivity index (χ3n) is 4.72. The van der Waals surface area contributed by atoms with E-state index < -0.39 is 5.54 Å². The zero-order valence-electron chi connectivity index (χ0n) is 14.5. The van der Waals surface area contributed by atoms with Crippen molar-refractivity contribution < 1.29 is 9.59 Å². The normalized spacial score (nSPS) is 21.7. The van der Waals surface area contributed by atoms with Crippen molar-refractivity contribution in [2.24, 2.45) is 5.41 Å². The second-order valence-electron chi connectivity index (χ2n) is 7.77. The van der Waals surface area contributed by atoms with Crippen LogP contribution in [0.3, 0.4) is 0 Å². The van der Waals surface area contributed by atoms with Crippen molar-refractivity contribution in [1.29, 1.82) is 5.26 Å². The van der Waals surface area contributed by atoms with Gasteiger partial charge in [-0.1, -0.05) is 20.8 Å². The minimum absolute atomic E-state index is 0.0796. The van der Waals surface area contributed by atoms with Gasteiger partial charge in [0, 0.05) is 31.6 Å². The number of nitrogens with one attached hydrogen (secondary N) is 1. The van der Waals surface area contributed by atoms with E-state index in [9.17, 15) is 14.9 Å². The molecule has 0 unspecified atom stereocenters. The van der Waals surface area contributed by atoms with Crippen LogP contribution >= 0.6 is 0 Å². The highest BCUT2D eigenvalue weighted by Gasteiger charge is 2.36. The molecule has 6 heteroatoms. The Bertz CT molecular complexity index is 490. The highest BCUT2D eigenvalue weighted by atomic mass is 16.2. The Hall–Kier alpha value is -1.61. The number of nitriles is 1. The Balaban J connectivity index is 1.79. The van der Waals surface area contributed by atoms with Crippen LogP contribution in [0.2, 0.25) is 0 Å². The maximum absolute atomic E-state index is 12.3. The smallest absolute Gasteiger partial charge is 0.235 e. The molecule has 1 N–H and O–H groups in total. The molecule has 1 aliphatic carbocycles. The first-order valence-electron chi connectivity index (χ1n) is 8.50. The Morgan fingerprint density at radius 3 is 2.17 bits per heavy atom. The maximum atomic E-state index is 12.3. The number of hydrogen-bond donors (Lipinski definition) is 1. The Morgan fingerprint density at radius 1 is 1.13 bits per heavy atom. The van der Waals surface area contributed by atoms with Crippen molar-refractivity contribution in [2.45, 2.75) is 52.0 Å². The fourth-order valence-electron chi connectivity index (χ4n) is 3.34. The number of nitrogens with zero attached hydrogens (tertiary/aromatic N) is 3. The largest absolute Gasteiger partial charge is 0.340 e. The molecule has 1 aliphatic heterocycles. The van der Waals surface area contributed by atoms with Crippen LogP contribution in [0.1, 0.15) is 46.5 Å². The molecule has 0 aromatic carbocycles. The fraction of sp³-hybridized carbons (Fsp3) is 0.824. The highest BCUT2D eigenvalue weighted by Crippen LogP contribution is 2.28. The van der Waals surface area contributed by atoms with E-state index in [1.54, 1.807) is 0 Å². The molecule has 2 aliphatic rings. The van der Waals surface area contributed by atoms with E-state index in [1.807, 2.05) is 25.7 Å². The van der Waals surface area contributed by atoms with E-state index in [1.165, 1.54) is 0 Å². The average Bonchev–Trinajstić information content (AvgIpc) is 2.95. The van der Waals surface area contributed by atoms with Crippen LogP contribution in [-0.2, 0) is 9.59 Å². The van der Waals surface area contributed by atoms with Gasteiger partial charge in [0.2, 0.25) is 11.8 Å². The van der Waals surface area contributed by atoms with Crippen LogP contribution in [0, 0.1) is 16.7 Å². The zero-order chi connectivity index (χ0) is 17.1. The van der Waals surface area contributed by atoms with Gasteiger partial charge >= 0.3 is 0 Å². The highest BCUT2D eigenvalue weighted by molar-refractivity contribution is 5.82. The Morgan fingerprint density at radius 2 is 1.70 bits per heavy atom. The van der Waals surface area contributed by atoms with E-state index in [-0.39, 0.29) is 17.2 Å². The molecule has 2 fully saturated rings. The van der Waals surface area contributed by atoms with Gasteiger partial charge in [-0.05, 0) is 25.7 Å². The van der Waals surface area contributed by atoms with Crippen molar-refractivity contribution >= 4 is 11.8 Å². The van der Waals surface area contributed by atoms with Crippen LogP contribution in [0.25, 0.3) is 0 Å². The van der Waals surface area contributed by atoms with Gasteiger partial charge in [-0.25, -0.2) is 0 Å². The summed E-state index contributed by atoms with van der Waals surface area (Å²) in [7, 11) is 0. The number of amides is 2. The molecule has 0 aromatic rings.